The van der Waals surface area contributed by atoms with Crippen LogP contribution in [0.4, 0.5) is 10.5 Å². The fraction of sp³-hybridized carbons (Fsp3) is 0.357. The number of fused-ring (bicyclic) bond motifs is 1. The number of carbonyl (C=O) groups excluding carboxylic acids is 2. The highest BCUT2D eigenvalue weighted by Gasteiger charge is 2.23. The summed E-state index contributed by atoms with van der Waals surface area (Å²) in [5.74, 6) is 1.93. The molecule has 1 aliphatic heterocycles. The number of urea groups is 1. The molecule has 0 spiro atoms. The van der Waals surface area contributed by atoms with Gasteiger partial charge in [0, 0.05) is 37.4 Å². The van der Waals surface area contributed by atoms with E-state index in [0.29, 0.717) is 56.5 Å². The molecule has 2 heterocycles. The van der Waals surface area contributed by atoms with Crippen LogP contribution in [0.1, 0.15) is 23.8 Å². The highest BCUT2D eigenvalue weighted by molar-refractivity contribution is 7.09. The molecule has 0 atom stereocenters. The largest absolute Gasteiger partial charge is 0.494 e. The van der Waals surface area contributed by atoms with Gasteiger partial charge >= 0.3 is 6.03 Å². The SMILES string of the molecule is CCOc1ccc(NC(=O)N(CCCOC)CC(=O)N(Cc2ccc3c(c2)OCO3)Cc2cccs2)cc1. The number of methoxy groups -OCH3 is 1. The number of amides is 3. The van der Waals surface area contributed by atoms with Crippen LogP contribution in [0, 0.1) is 0 Å². The Morgan fingerprint density at radius 3 is 2.58 bits per heavy atom. The summed E-state index contributed by atoms with van der Waals surface area (Å²) in [5.41, 5.74) is 1.54. The molecule has 1 aromatic heterocycles. The van der Waals surface area contributed by atoms with Crippen molar-refractivity contribution in [3.05, 3.63) is 70.4 Å². The summed E-state index contributed by atoms with van der Waals surface area (Å²) in [6, 6.07) is 16.4. The van der Waals surface area contributed by atoms with Crippen LogP contribution in [0.3, 0.4) is 0 Å². The first-order valence-electron chi connectivity index (χ1n) is 12.5. The lowest BCUT2D eigenvalue weighted by Crippen LogP contribution is -2.44. The zero-order valence-electron chi connectivity index (χ0n) is 21.7. The van der Waals surface area contributed by atoms with Gasteiger partial charge in [0.2, 0.25) is 12.7 Å². The Balaban J connectivity index is 1.47. The Kier molecular flexibility index (Phi) is 9.83. The van der Waals surface area contributed by atoms with E-state index in [9.17, 15) is 9.59 Å². The fourth-order valence-electron chi connectivity index (χ4n) is 4.00. The van der Waals surface area contributed by atoms with Crippen LogP contribution < -0.4 is 19.5 Å². The second kappa shape index (κ2) is 13.7. The smallest absolute Gasteiger partial charge is 0.322 e. The zero-order valence-corrected chi connectivity index (χ0v) is 22.5. The molecule has 0 aliphatic carbocycles. The zero-order chi connectivity index (χ0) is 26.7. The number of hydrogen-bond donors (Lipinski definition) is 1. The third-order valence-electron chi connectivity index (χ3n) is 5.90. The molecule has 0 fully saturated rings. The average molecular weight is 540 g/mol. The maximum atomic E-state index is 13.6. The second-order valence-corrected chi connectivity index (χ2v) is 9.70. The van der Waals surface area contributed by atoms with E-state index >= 15 is 0 Å². The number of carbonyl (C=O) groups is 2. The molecule has 0 unspecified atom stereocenters. The van der Waals surface area contributed by atoms with Gasteiger partial charge in [-0.3, -0.25) is 4.79 Å². The molecule has 0 saturated carbocycles. The molecular formula is C28H33N3O6S. The fourth-order valence-corrected chi connectivity index (χ4v) is 4.72. The number of nitrogens with one attached hydrogen (secondary N) is 1. The van der Waals surface area contributed by atoms with Gasteiger partial charge in [0.05, 0.1) is 13.2 Å². The van der Waals surface area contributed by atoms with Gasteiger partial charge < -0.3 is 34.1 Å². The lowest BCUT2D eigenvalue weighted by atomic mass is 10.2. The van der Waals surface area contributed by atoms with E-state index in [1.54, 1.807) is 47.6 Å². The number of benzene rings is 2. The Morgan fingerprint density at radius 2 is 1.84 bits per heavy atom. The third-order valence-corrected chi connectivity index (χ3v) is 6.76. The number of rotatable bonds is 13. The summed E-state index contributed by atoms with van der Waals surface area (Å²) >= 11 is 1.59. The van der Waals surface area contributed by atoms with Gasteiger partial charge in [0.1, 0.15) is 12.3 Å². The first kappa shape index (κ1) is 27.3. The van der Waals surface area contributed by atoms with Crippen molar-refractivity contribution in [1.82, 2.24) is 9.80 Å². The van der Waals surface area contributed by atoms with Gasteiger partial charge in [-0.1, -0.05) is 12.1 Å². The summed E-state index contributed by atoms with van der Waals surface area (Å²) in [6.45, 7) is 4.28. The Labute approximate surface area is 226 Å². The van der Waals surface area contributed by atoms with Crippen molar-refractivity contribution < 1.29 is 28.5 Å². The van der Waals surface area contributed by atoms with E-state index in [2.05, 4.69) is 5.32 Å². The first-order chi connectivity index (χ1) is 18.6. The molecule has 10 heteroatoms. The topological polar surface area (TPSA) is 89.6 Å². The number of ether oxygens (including phenoxy) is 4. The van der Waals surface area contributed by atoms with Crippen molar-refractivity contribution in [2.45, 2.75) is 26.4 Å². The van der Waals surface area contributed by atoms with E-state index in [0.717, 1.165) is 16.2 Å². The second-order valence-electron chi connectivity index (χ2n) is 8.67. The molecule has 1 aliphatic rings. The molecular weight excluding hydrogens is 506 g/mol. The molecule has 0 bridgehead atoms. The third kappa shape index (κ3) is 7.62. The van der Waals surface area contributed by atoms with E-state index in [-0.39, 0.29) is 25.3 Å². The van der Waals surface area contributed by atoms with Crippen LogP contribution in [-0.2, 0) is 22.6 Å². The van der Waals surface area contributed by atoms with Crippen LogP contribution in [0.15, 0.2) is 60.0 Å². The van der Waals surface area contributed by atoms with E-state index in [4.69, 9.17) is 18.9 Å². The Morgan fingerprint density at radius 1 is 1.03 bits per heavy atom. The van der Waals surface area contributed by atoms with Crippen molar-refractivity contribution in [1.29, 1.82) is 0 Å². The molecule has 202 valence electrons. The van der Waals surface area contributed by atoms with Crippen molar-refractivity contribution in [3.63, 3.8) is 0 Å². The Hall–Kier alpha value is -3.76. The molecule has 38 heavy (non-hydrogen) atoms. The normalized spacial score (nSPS) is 11.7. The monoisotopic (exact) mass is 539 g/mol. The molecule has 3 amide bonds. The standard InChI is InChI=1S/C28H33N3O6S/c1-3-35-23-10-8-22(9-11-23)29-28(33)30(13-5-14-34-2)19-27(32)31(18-24-6-4-15-38-24)17-21-7-12-25-26(16-21)37-20-36-25/h4,6-12,15-16H,3,5,13-14,17-20H2,1-2H3,(H,29,33). The van der Waals surface area contributed by atoms with Gasteiger partial charge in [-0.15, -0.1) is 11.3 Å². The van der Waals surface area contributed by atoms with E-state index < -0.39 is 0 Å². The van der Waals surface area contributed by atoms with Crippen molar-refractivity contribution in [2.75, 3.05) is 45.5 Å². The summed E-state index contributed by atoms with van der Waals surface area (Å²) < 4.78 is 21.6. The van der Waals surface area contributed by atoms with Gasteiger partial charge in [-0.25, -0.2) is 4.79 Å². The van der Waals surface area contributed by atoms with Crippen LogP contribution in [0.2, 0.25) is 0 Å². The van der Waals surface area contributed by atoms with Crippen molar-refractivity contribution in [2.24, 2.45) is 0 Å². The van der Waals surface area contributed by atoms with Crippen LogP contribution in [-0.4, -0.2) is 61.9 Å². The van der Waals surface area contributed by atoms with Crippen molar-refractivity contribution >= 4 is 29.0 Å². The Bertz CT molecular complexity index is 1190. The molecule has 4 rings (SSSR count). The van der Waals surface area contributed by atoms with Crippen molar-refractivity contribution in [3.8, 4) is 17.2 Å². The van der Waals surface area contributed by atoms with E-state index in [1.165, 1.54) is 4.90 Å². The number of hydrogen-bond acceptors (Lipinski definition) is 7. The first-order valence-corrected chi connectivity index (χ1v) is 13.4. The summed E-state index contributed by atoms with van der Waals surface area (Å²) in [5, 5.41) is 4.88. The van der Waals surface area contributed by atoms with Gasteiger partial charge in [-0.2, -0.15) is 0 Å². The van der Waals surface area contributed by atoms with Gasteiger partial charge in [0.25, 0.3) is 0 Å². The predicted molar refractivity (Wildman–Crippen MR) is 146 cm³/mol. The summed E-state index contributed by atoms with van der Waals surface area (Å²) in [6.07, 6.45) is 0.605. The number of thiophene rings is 1. The van der Waals surface area contributed by atoms with Gasteiger partial charge in [0.15, 0.2) is 11.5 Å². The highest BCUT2D eigenvalue weighted by atomic mass is 32.1. The van der Waals surface area contributed by atoms with Crippen LogP contribution in [0.5, 0.6) is 17.2 Å². The molecule has 0 radical (unpaired) electrons. The maximum absolute atomic E-state index is 13.6. The summed E-state index contributed by atoms with van der Waals surface area (Å²) in [4.78, 5) is 31.2. The number of nitrogens with zero attached hydrogens (tertiary/aromatic N) is 2. The quantitative estimate of drug-likeness (QED) is 0.309. The highest BCUT2D eigenvalue weighted by Crippen LogP contribution is 2.33. The molecule has 0 saturated heterocycles. The average Bonchev–Trinajstić information content (AvgIpc) is 3.61. The summed E-state index contributed by atoms with van der Waals surface area (Å²) in [7, 11) is 1.61. The molecule has 1 N–H and O–H groups in total. The lowest BCUT2D eigenvalue weighted by Gasteiger charge is -2.28. The van der Waals surface area contributed by atoms with Crippen LogP contribution >= 0.6 is 11.3 Å². The van der Waals surface area contributed by atoms with Gasteiger partial charge in [-0.05, 0) is 66.8 Å². The molecule has 2 aromatic carbocycles. The number of anilines is 1. The lowest BCUT2D eigenvalue weighted by molar-refractivity contribution is -0.133. The van der Waals surface area contributed by atoms with Crippen LogP contribution in [0.25, 0.3) is 0 Å². The molecule has 3 aromatic rings. The van der Waals surface area contributed by atoms with E-state index in [1.807, 2.05) is 42.6 Å². The minimum atomic E-state index is -0.349. The minimum Gasteiger partial charge on any atom is -0.494 e. The minimum absolute atomic E-state index is 0.0670. The maximum Gasteiger partial charge on any atom is 0.322 e. The predicted octanol–water partition coefficient (Wildman–Crippen LogP) is 4.97. The molecule has 9 nitrogen and oxygen atoms in total.